The highest BCUT2D eigenvalue weighted by Gasteiger charge is 2.26. The van der Waals surface area contributed by atoms with Crippen molar-refractivity contribution in [2.45, 2.75) is 38.5 Å². The molecule has 1 fully saturated rings. The van der Waals surface area contributed by atoms with Crippen LogP contribution in [0.1, 0.15) is 49.7 Å². The first-order chi connectivity index (χ1) is 14.4. The Balaban J connectivity index is 1.36. The molecule has 1 amide bonds. The fraction of sp³-hybridized carbons (Fsp3) is 0.440. The molecule has 2 aliphatic rings. The SMILES string of the molecule is CC(C)C(=O)N(C)c1cccc(C2CCN(CC3C=Nc4cc(Cl)ccc43)CC2)c1. The van der Waals surface area contributed by atoms with Crippen LogP contribution in [0.4, 0.5) is 11.4 Å². The molecule has 1 saturated heterocycles. The molecule has 2 aromatic rings. The zero-order chi connectivity index (χ0) is 21.3. The zero-order valence-corrected chi connectivity index (χ0v) is 18.8. The number of carbonyl (C=O) groups is 1. The third kappa shape index (κ3) is 4.45. The summed E-state index contributed by atoms with van der Waals surface area (Å²) in [7, 11) is 1.87. The summed E-state index contributed by atoms with van der Waals surface area (Å²) < 4.78 is 0. The molecule has 2 aliphatic heterocycles. The van der Waals surface area contributed by atoms with E-state index in [0.29, 0.717) is 11.8 Å². The first-order valence-electron chi connectivity index (χ1n) is 10.9. The number of benzene rings is 2. The molecule has 0 N–H and O–H groups in total. The van der Waals surface area contributed by atoms with Crippen molar-refractivity contribution in [3.8, 4) is 0 Å². The Bertz CT molecular complexity index is 947. The highest BCUT2D eigenvalue weighted by atomic mass is 35.5. The molecule has 5 heteroatoms. The van der Waals surface area contributed by atoms with Crippen molar-refractivity contribution in [1.29, 1.82) is 0 Å². The fourth-order valence-corrected chi connectivity index (χ4v) is 4.73. The minimum atomic E-state index is 0.00202. The minimum absolute atomic E-state index is 0.00202. The van der Waals surface area contributed by atoms with Gasteiger partial charge in [-0.2, -0.15) is 0 Å². The number of hydrogen-bond donors (Lipinski definition) is 0. The Kier molecular flexibility index (Phi) is 6.26. The topological polar surface area (TPSA) is 35.9 Å². The molecular weight excluding hydrogens is 394 g/mol. The highest BCUT2D eigenvalue weighted by molar-refractivity contribution is 6.30. The third-order valence-electron chi connectivity index (χ3n) is 6.38. The average molecular weight is 424 g/mol. The van der Waals surface area contributed by atoms with Crippen LogP contribution in [0.3, 0.4) is 0 Å². The second-order valence-corrected chi connectivity index (χ2v) is 9.25. The molecule has 158 valence electrons. The second-order valence-electron chi connectivity index (χ2n) is 8.81. The fourth-order valence-electron chi connectivity index (χ4n) is 4.57. The van der Waals surface area contributed by atoms with Gasteiger partial charge in [-0.15, -0.1) is 0 Å². The smallest absolute Gasteiger partial charge is 0.229 e. The van der Waals surface area contributed by atoms with E-state index in [1.54, 1.807) is 4.90 Å². The molecule has 0 spiro atoms. The molecule has 2 heterocycles. The van der Waals surface area contributed by atoms with Crippen LogP contribution in [0.5, 0.6) is 0 Å². The lowest BCUT2D eigenvalue weighted by Crippen LogP contribution is -2.36. The van der Waals surface area contributed by atoms with Gasteiger partial charge in [0.25, 0.3) is 0 Å². The lowest BCUT2D eigenvalue weighted by atomic mass is 9.88. The van der Waals surface area contributed by atoms with Crippen LogP contribution in [0.15, 0.2) is 47.5 Å². The number of fused-ring (bicyclic) bond motifs is 1. The molecular formula is C25H30ClN3O. The molecule has 4 rings (SSSR count). The largest absolute Gasteiger partial charge is 0.315 e. The van der Waals surface area contributed by atoms with Crippen molar-refractivity contribution in [2.75, 3.05) is 31.6 Å². The quantitative estimate of drug-likeness (QED) is 0.624. The second kappa shape index (κ2) is 8.91. The van der Waals surface area contributed by atoms with E-state index in [0.717, 1.165) is 48.9 Å². The van der Waals surface area contributed by atoms with Gasteiger partial charge in [0.15, 0.2) is 0 Å². The first kappa shape index (κ1) is 21.1. The maximum atomic E-state index is 12.3. The van der Waals surface area contributed by atoms with Crippen molar-refractivity contribution in [3.05, 3.63) is 58.6 Å². The van der Waals surface area contributed by atoms with E-state index in [-0.39, 0.29) is 11.8 Å². The first-order valence-corrected chi connectivity index (χ1v) is 11.2. The molecule has 0 aliphatic carbocycles. The number of halogens is 1. The van der Waals surface area contributed by atoms with Crippen LogP contribution < -0.4 is 4.90 Å². The van der Waals surface area contributed by atoms with Gasteiger partial charge >= 0.3 is 0 Å². The maximum absolute atomic E-state index is 12.3. The number of aliphatic imine (C=N–C) groups is 1. The number of carbonyl (C=O) groups excluding carboxylic acids is 1. The van der Waals surface area contributed by atoms with Gasteiger partial charge in [-0.1, -0.05) is 43.6 Å². The molecule has 1 atom stereocenters. The molecule has 2 aromatic carbocycles. The van der Waals surface area contributed by atoms with Gasteiger partial charge in [0, 0.05) is 42.4 Å². The summed E-state index contributed by atoms with van der Waals surface area (Å²) in [6, 6.07) is 14.5. The molecule has 0 saturated carbocycles. The van der Waals surface area contributed by atoms with E-state index in [2.05, 4.69) is 40.4 Å². The van der Waals surface area contributed by atoms with E-state index in [9.17, 15) is 4.79 Å². The monoisotopic (exact) mass is 423 g/mol. The van der Waals surface area contributed by atoms with Crippen LogP contribution in [-0.4, -0.2) is 43.7 Å². The number of amides is 1. The lowest BCUT2D eigenvalue weighted by molar-refractivity contribution is -0.121. The number of anilines is 1. The third-order valence-corrected chi connectivity index (χ3v) is 6.62. The van der Waals surface area contributed by atoms with Crippen LogP contribution in [0, 0.1) is 5.92 Å². The summed E-state index contributed by atoms with van der Waals surface area (Å²) in [5, 5.41) is 0.746. The molecule has 30 heavy (non-hydrogen) atoms. The van der Waals surface area contributed by atoms with Crippen LogP contribution in [0.25, 0.3) is 0 Å². The Morgan fingerprint density at radius 2 is 1.97 bits per heavy atom. The van der Waals surface area contributed by atoms with Gasteiger partial charge in [0.05, 0.1) is 5.69 Å². The lowest BCUT2D eigenvalue weighted by Gasteiger charge is -2.33. The van der Waals surface area contributed by atoms with Crippen LogP contribution >= 0.6 is 11.6 Å². The van der Waals surface area contributed by atoms with Crippen molar-refractivity contribution in [3.63, 3.8) is 0 Å². The minimum Gasteiger partial charge on any atom is -0.315 e. The summed E-state index contributed by atoms with van der Waals surface area (Å²) in [6.07, 6.45) is 4.35. The number of rotatable bonds is 5. The summed E-state index contributed by atoms with van der Waals surface area (Å²) in [5.74, 6) is 1.06. The molecule has 0 aromatic heterocycles. The van der Waals surface area contributed by atoms with Gasteiger partial charge in [-0.05, 0) is 67.2 Å². The summed E-state index contributed by atoms with van der Waals surface area (Å²) in [5.41, 5.74) is 4.63. The van der Waals surface area contributed by atoms with E-state index in [4.69, 9.17) is 11.6 Å². The molecule has 1 unspecified atom stereocenters. The summed E-state index contributed by atoms with van der Waals surface area (Å²) in [4.78, 5) is 21.2. The highest BCUT2D eigenvalue weighted by Crippen LogP contribution is 2.36. The predicted molar refractivity (Wildman–Crippen MR) is 125 cm³/mol. The van der Waals surface area contributed by atoms with Crippen molar-refractivity contribution >= 4 is 35.1 Å². The van der Waals surface area contributed by atoms with Crippen molar-refractivity contribution in [1.82, 2.24) is 4.90 Å². The Morgan fingerprint density at radius 1 is 1.20 bits per heavy atom. The van der Waals surface area contributed by atoms with E-state index in [1.807, 2.05) is 39.1 Å². The van der Waals surface area contributed by atoms with Crippen molar-refractivity contribution < 1.29 is 4.79 Å². The number of likely N-dealkylation sites (tertiary alicyclic amines) is 1. The Labute approximate surface area is 184 Å². The van der Waals surface area contributed by atoms with Gasteiger partial charge in [0.2, 0.25) is 5.91 Å². The van der Waals surface area contributed by atoms with Gasteiger partial charge in [0.1, 0.15) is 0 Å². The average Bonchev–Trinajstić information content (AvgIpc) is 3.14. The summed E-state index contributed by atoms with van der Waals surface area (Å²) >= 11 is 6.09. The Hall–Kier alpha value is -2.17. The van der Waals surface area contributed by atoms with E-state index >= 15 is 0 Å². The molecule has 0 radical (unpaired) electrons. The molecule has 4 nitrogen and oxygen atoms in total. The number of hydrogen-bond acceptors (Lipinski definition) is 3. The van der Waals surface area contributed by atoms with Crippen LogP contribution in [0.2, 0.25) is 5.02 Å². The van der Waals surface area contributed by atoms with E-state index in [1.165, 1.54) is 11.1 Å². The predicted octanol–water partition coefficient (Wildman–Crippen LogP) is 5.64. The molecule has 0 bridgehead atoms. The van der Waals surface area contributed by atoms with Crippen molar-refractivity contribution in [2.24, 2.45) is 10.9 Å². The van der Waals surface area contributed by atoms with Gasteiger partial charge < -0.3 is 9.80 Å². The zero-order valence-electron chi connectivity index (χ0n) is 18.0. The van der Waals surface area contributed by atoms with Crippen LogP contribution in [-0.2, 0) is 4.79 Å². The number of piperidine rings is 1. The normalized spacial score (nSPS) is 19.3. The number of nitrogens with zero attached hydrogens (tertiary/aromatic N) is 3. The van der Waals surface area contributed by atoms with Gasteiger partial charge in [-0.3, -0.25) is 9.79 Å². The van der Waals surface area contributed by atoms with E-state index < -0.39 is 0 Å². The Morgan fingerprint density at radius 3 is 2.70 bits per heavy atom. The van der Waals surface area contributed by atoms with Gasteiger partial charge in [-0.25, -0.2) is 0 Å². The summed E-state index contributed by atoms with van der Waals surface area (Å²) in [6.45, 7) is 7.07. The standard InChI is InChI=1S/C25H30ClN3O/c1-17(2)25(30)28(3)22-6-4-5-19(13-22)18-9-11-29(12-10-18)16-20-15-27-24-14-21(26)7-8-23(20)24/h4-8,13-15,17-18,20H,9-12,16H2,1-3H3. The maximum Gasteiger partial charge on any atom is 0.229 e.